The molecule has 1 nitrogen and oxygen atoms in total. The lowest BCUT2D eigenvalue weighted by Gasteiger charge is -2.33. The van der Waals surface area contributed by atoms with E-state index in [4.69, 9.17) is 0 Å². The van der Waals surface area contributed by atoms with Gasteiger partial charge < -0.3 is 5.32 Å². The first-order valence-corrected chi connectivity index (χ1v) is 6.04. The third-order valence-corrected chi connectivity index (χ3v) is 4.68. The van der Waals surface area contributed by atoms with Crippen LogP contribution in [0.4, 0.5) is 0 Å². The maximum atomic E-state index is 3.92. The van der Waals surface area contributed by atoms with E-state index in [1.807, 2.05) is 13.8 Å². The van der Waals surface area contributed by atoms with E-state index in [1.165, 1.54) is 25.7 Å². The molecule has 2 saturated heterocycles. The monoisotopic (exact) mass is 179 g/mol. The second kappa shape index (κ2) is 2.13. The van der Waals surface area contributed by atoms with Crippen LogP contribution in [-0.2, 0) is 0 Å². The zero-order valence-corrected chi connectivity index (χ0v) is 9.06. The second-order valence-electron chi connectivity index (χ2n) is 5.57. The molecule has 2 aliphatic carbocycles. The summed E-state index contributed by atoms with van der Waals surface area (Å²) in [5, 5.41) is 3.92. The van der Waals surface area contributed by atoms with E-state index >= 15 is 0 Å². The predicted molar refractivity (Wildman–Crippen MR) is 54.6 cm³/mol. The molecule has 4 rings (SSSR count). The van der Waals surface area contributed by atoms with Crippen LogP contribution in [0.2, 0.25) is 0 Å². The zero-order valence-electron chi connectivity index (χ0n) is 9.06. The molecule has 13 heavy (non-hydrogen) atoms. The molecule has 2 bridgehead atoms. The molecule has 1 N–H and O–H groups in total. The van der Waals surface area contributed by atoms with E-state index < -0.39 is 0 Å². The van der Waals surface area contributed by atoms with E-state index in [2.05, 4.69) is 12.2 Å². The van der Waals surface area contributed by atoms with Gasteiger partial charge in [0.05, 0.1) is 0 Å². The fraction of sp³-hybridized carbons (Fsp3) is 1.00. The third kappa shape index (κ3) is 0.823. The van der Waals surface area contributed by atoms with Gasteiger partial charge in [-0.15, -0.1) is 0 Å². The van der Waals surface area contributed by atoms with Crippen molar-refractivity contribution in [1.82, 2.24) is 5.32 Å². The van der Waals surface area contributed by atoms with Gasteiger partial charge in [0.2, 0.25) is 0 Å². The van der Waals surface area contributed by atoms with Crippen molar-refractivity contribution < 1.29 is 0 Å². The first kappa shape index (κ1) is 8.28. The molecular weight excluding hydrogens is 158 g/mol. The summed E-state index contributed by atoms with van der Waals surface area (Å²) in [6, 6.07) is 0. The summed E-state index contributed by atoms with van der Waals surface area (Å²) in [5.74, 6) is 3.24. The molecule has 0 radical (unpaired) electrons. The highest BCUT2D eigenvalue weighted by molar-refractivity contribution is 5.36. The minimum Gasteiger partial charge on any atom is -0.305 e. The van der Waals surface area contributed by atoms with Crippen LogP contribution >= 0.6 is 0 Å². The Kier molecular flexibility index (Phi) is 1.36. The van der Waals surface area contributed by atoms with Crippen molar-refractivity contribution in [3.63, 3.8) is 0 Å². The highest BCUT2D eigenvalue weighted by Crippen LogP contribution is 2.75. The summed E-state index contributed by atoms with van der Waals surface area (Å²) < 4.78 is 0. The van der Waals surface area contributed by atoms with Crippen molar-refractivity contribution in [2.24, 2.45) is 17.8 Å². The van der Waals surface area contributed by atoms with Gasteiger partial charge in [0.15, 0.2) is 0 Å². The average Bonchev–Trinajstić information content (AvgIpc) is 2.93. The van der Waals surface area contributed by atoms with Crippen molar-refractivity contribution >= 4 is 0 Å². The van der Waals surface area contributed by atoms with Crippen LogP contribution in [0.3, 0.4) is 0 Å². The van der Waals surface area contributed by atoms with E-state index in [0.29, 0.717) is 11.1 Å². The topological polar surface area (TPSA) is 12.0 Å². The lowest BCUT2D eigenvalue weighted by atomic mass is 9.88. The normalized spacial score (nSPS) is 64.4. The third-order valence-electron chi connectivity index (χ3n) is 4.68. The fourth-order valence-corrected chi connectivity index (χ4v) is 4.39. The second-order valence-corrected chi connectivity index (χ2v) is 5.57. The molecule has 4 unspecified atom stereocenters. The van der Waals surface area contributed by atoms with Crippen molar-refractivity contribution in [3.8, 4) is 0 Å². The zero-order chi connectivity index (χ0) is 9.27. The minimum atomic E-state index is 0.695. The Hall–Kier alpha value is -0.0400. The summed E-state index contributed by atoms with van der Waals surface area (Å²) in [6.45, 7) is 6.44. The van der Waals surface area contributed by atoms with Crippen LogP contribution in [0, 0.1) is 17.8 Å². The summed E-state index contributed by atoms with van der Waals surface area (Å²) >= 11 is 0. The molecule has 0 aromatic heterocycles. The molecule has 4 atom stereocenters. The molecule has 2 spiro atoms. The quantitative estimate of drug-likeness (QED) is 0.602. The van der Waals surface area contributed by atoms with Gasteiger partial charge in [0.25, 0.3) is 0 Å². The first-order chi connectivity index (χ1) is 6.24. The van der Waals surface area contributed by atoms with E-state index in [9.17, 15) is 0 Å². The molecule has 2 saturated carbocycles. The van der Waals surface area contributed by atoms with E-state index in [1.54, 1.807) is 0 Å². The lowest BCUT2D eigenvalue weighted by Crippen LogP contribution is -2.46. The Bertz CT molecular complexity index is 226. The van der Waals surface area contributed by atoms with Gasteiger partial charge in [0.1, 0.15) is 0 Å². The van der Waals surface area contributed by atoms with Crippen LogP contribution in [0.1, 0.15) is 46.5 Å². The molecule has 74 valence electrons. The van der Waals surface area contributed by atoms with E-state index in [-0.39, 0.29) is 0 Å². The molecular formula is C12H21N. The smallest absolute Gasteiger partial charge is 0.0225 e. The summed E-state index contributed by atoms with van der Waals surface area (Å²) in [5.41, 5.74) is 1.39. The van der Waals surface area contributed by atoms with Gasteiger partial charge >= 0.3 is 0 Å². The van der Waals surface area contributed by atoms with Crippen LogP contribution in [0.25, 0.3) is 0 Å². The number of nitrogens with one attached hydrogen (secondary N) is 1. The summed E-state index contributed by atoms with van der Waals surface area (Å²) in [6.07, 6.45) is 6.00. The van der Waals surface area contributed by atoms with Crippen molar-refractivity contribution in [2.45, 2.75) is 57.5 Å². The Morgan fingerprint density at radius 3 is 1.85 bits per heavy atom. The number of piperidine rings is 3. The summed E-state index contributed by atoms with van der Waals surface area (Å²) in [4.78, 5) is 0. The standard InChI is InChI=1S/C10H15N.C2H6/c1-6-2-9-4-7(9)8-5-10(8,3-6)11-9;1-2/h6-8,11H,2-5H2,1H3;1-2H3. The Balaban J connectivity index is 0.000000266. The van der Waals surface area contributed by atoms with Crippen molar-refractivity contribution in [1.29, 1.82) is 0 Å². The number of fused-ring (bicyclic) bond motifs is 1. The Morgan fingerprint density at radius 1 is 0.923 bits per heavy atom. The molecule has 4 aliphatic rings. The van der Waals surface area contributed by atoms with Crippen LogP contribution < -0.4 is 5.32 Å². The summed E-state index contributed by atoms with van der Waals surface area (Å²) in [7, 11) is 0. The molecule has 4 fully saturated rings. The molecule has 2 heterocycles. The van der Waals surface area contributed by atoms with Crippen LogP contribution in [0.15, 0.2) is 0 Å². The molecule has 0 aromatic rings. The van der Waals surface area contributed by atoms with Gasteiger partial charge in [-0.05, 0) is 43.4 Å². The minimum absolute atomic E-state index is 0.695. The maximum Gasteiger partial charge on any atom is 0.0225 e. The molecule has 0 amide bonds. The van der Waals surface area contributed by atoms with Crippen molar-refractivity contribution in [3.05, 3.63) is 0 Å². The van der Waals surface area contributed by atoms with Gasteiger partial charge in [-0.2, -0.15) is 0 Å². The maximum absolute atomic E-state index is 3.92. The highest BCUT2D eigenvalue weighted by atomic mass is 15.2. The largest absolute Gasteiger partial charge is 0.305 e. The van der Waals surface area contributed by atoms with Gasteiger partial charge in [-0.1, -0.05) is 20.8 Å². The van der Waals surface area contributed by atoms with Gasteiger partial charge in [-0.25, -0.2) is 0 Å². The predicted octanol–water partition coefficient (Wildman–Crippen LogP) is 2.56. The van der Waals surface area contributed by atoms with Gasteiger partial charge in [-0.3, -0.25) is 0 Å². The lowest BCUT2D eigenvalue weighted by molar-refractivity contribution is 0.244. The Labute approximate surface area is 81.3 Å². The highest BCUT2D eigenvalue weighted by Gasteiger charge is 2.79. The van der Waals surface area contributed by atoms with Gasteiger partial charge in [0, 0.05) is 11.1 Å². The van der Waals surface area contributed by atoms with Crippen LogP contribution in [0.5, 0.6) is 0 Å². The number of hydrogen-bond donors (Lipinski definition) is 1. The molecule has 0 aromatic carbocycles. The number of hydrogen-bond acceptors (Lipinski definition) is 1. The number of rotatable bonds is 0. The molecule has 1 heteroatoms. The Morgan fingerprint density at radius 2 is 1.38 bits per heavy atom. The van der Waals surface area contributed by atoms with Crippen LogP contribution in [-0.4, -0.2) is 11.1 Å². The molecule has 2 aliphatic heterocycles. The average molecular weight is 179 g/mol. The fourth-order valence-electron chi connectivity index (χ4n) is 4.39. The van der Waals surface area contributed by atoms with E-state index in [0.717, 1.165) is 17.8 Å². The SMILES string of the molecule is CC.CC1CC23CC2C2CC2(C1)N3. The van der Waals surface area contributed by atoms with Crippen molar-refractivity contribution in [2.75, 3.05) is 0 Å². The first-order valence-electron chi connectivity index (χ1n) is 6.04.